The van der Waals surface area contributed by atoms with Gasteiger partial charge in [0.25, 0.3) is 0 Å². The SMILES string of the molecule is c1ccc2c(c1)cc(N(c1ccc3oc4ccccc4c3c1)c1ccc3oc4ccccc4c3c1)c1c3ccccc3ccc21. The molecule has 0 radical (unpaired) electrons. The van der Waals surface area contributed by atoms with E-state index in [4.69, 9.17) is 8.83 Å². The summed E-state index contributed by atoms with van der Waals surface area (Å²) < 4.78 is 12.5. The fraction of sp³-hybridized carbons (Fsp3) is 0. The van der Waals surface area contributed by atoms with Gasteiger partial charge in [0, 0.05) is 38.3 Å². The van der Waals surface area contributed by atoms with Crippen LogP contribution < -0.4 is 4.90 Å². The quantitative estimate of drug-likeness (QED) is 0.196. The predicted octanol–water partition coefficient (Wildman–Crippen LogP) is 12.4. The zero-order chi connectivity index (χ0) is 29.5. The molecule has 0 amide bonds. The topological polar surface area (TPSA) is 29.5 Å². The van der Waals surface area contributed by atoms with Crippen LogP contribution in [0.1, 0.15) is 0 Å². The van der Waals surface area contributed by atoms with E-state index in [0.29, 0.717) is 0 Å². The molecule has 3 nitrogen and oxygen atoms in total. The van der Waals surface area contributed by atoms with Crippen LogP contribution in [0.4, 0.5) is 17.1 Å². The van der Waals surface area contributed by atoms with Gasteiger partial charge in [-0.3, -0.25) is 0 Å². The third-order valence-corrected chi connectivity index (χ3v) is 9.21. The molecule has 0 saturated heterocycles. The lowest BCUT2D eigenvalue weighted by molar-refractivity contribution is 0.668. The minimum Gasteiger partial charge on any atom is -0.456 e. The van der Waals surface area contributed by atoms with Crippen LogP contribution in [0, 0.1) is 0 Å². The molecular formula is C42H25NO2. The fourth-order valence-corrected chi connectivity index (χ4v) is 7.17. The van der Waals surface area contributed by atoms with Crippen LogP contribution in [-0.4, -0.2) is 0 Å². The third-order valence-electron chi connectivity index (χ3n) is 9.21. The summed E-state index contributed by atoms with van der Waals surface area (Å²) in [6, 6.07) is 53.9. The van der Waals surface area contributed by atoms with Gasteiger partial charge < -0.3 is 13.7 Å². The van der Waals surface area contributed by atoms with Crippen molar-refractivity contribution in [3.63, 3.8) is 0 Å². The number of furan rings is 2. The van der Waals surface area contributed by atoms with Gasteiger partial charge >= 0.3 is 0 Å². The normalized spacial score (nSPS) is 12.0. The highest BCUT2D eigenvalue weighted by molar-refractivity contribution is 6.24. The van der Waals surface area contributed by atoms with Gasteiger partial charge in [-0.15, -0.1) is 0 Å². The van der Waals surface area contributed by atoms with Crippen molar-refractivity contribution in [2.75, 3.05) is 4.90 Å². The van der Waals surface area contributed by atoms with Crippen LogP contribution in [-0.2, 0) is 0 Å². The second-order valence-electron chi connectivity index (χ2n) is 11.7. The van der Waals surface area contributed by atoms with Crippen molar-refractivity contribution >= 4 is 93.3 Å². The summed E-state index contributed by atoms with van der Waals surface area (Å²) in [5.41, 5.74) is 6.79. The molecular weight excluding hydrogens is 550 g/mol. The number of rotatable bonds is 3. The van der Waals surface area contributed by atoms with E-state index in [0.717, 1.165) is 60.9 Å². The lowest BCUT2D eigenvalue weighted by Gasteiger charge is -2.28. The van der Waals surface area contributed by atoms with Crippen LogP contribution >= 0.6 is 0 Å². The van der Waals surface area contributed by atoms with Crippen LogP contribution in [0.15, 0.2) is 160 Å². The molecule has 0 N–H and O–H groups in total. The van der Waals surface area contributed by atoms with Gasteiger partial charge in [0.2, 0.25) is 0 Å². The van der Waals surface area contributed by atoms with Crippen molar-refractivity contribution in [2.45, 2.75) is 0 Å². The first-order valence-electron chi connectivity index (χ1n) is 15.3. The van der Waals surface area contributed by atoms with Gasteiger partial charge in [-0.25, -0.2) is 0 Å². The number of hydrogen-bond acceptors (Lipinski definition) is 3. The Morgan fingerprint density at radius 3 is 1.49 bits per heavy atom. The Bertz CT molecular complexity index is 2670. The van der Waals surface area contributed by atoms with Crippen molar-refractivity contribution in [1.29, 1.82) is 0 Å². The van der Waals surface area contributed by atoms with E-state index >= 15 is 0 Å². The Morgan fingerprint density at radius 1 is 0.333 bits per heavy atom. The minimum atomic E-state index is 0.880. The Balaban J connectivity index is 1.35. The molecule has 0 atom stereocenters. The monoisotopic (exact) mass is 575 g/mol. The Labute approximate surface area is 258 Å². The molecule has 0 aliphatic heterocycles. The molecule has 0 aliphatic carbocycles. The van der Waals surface area contributed by atoms with Crippen molar-refractivity contribution < 1.29 is 8.83 Å². The van der Waals surface area contributed by atoms with E-state index in [1.165, 1.54) is 32.3 Å². The molecule has 0 aliphatic rings. The molecule has 0 fully saturated rings. The highest BCUT2D eigenvalue weighted by atomic mass is 16.3. The van der Waals surface area contributed by atoms with E-state index in [2.05, 4.69) is 132 Å². The summed E-state index contributed by atoms with van der Waals surface area (Å²) >= 11 is 0. The van der Waals surface area contributed by atoms with Gasteiger partial charge in [0.05, 0.1) is 5.69 Å². The zero-order valence-corrected chi connectivity index (χ0v) is 24.2. The molecule has 10 aromatic rings. The van der Waals surface area contributed by atoms with Gasteiger partial charge in [0.15, 0.2) is 0 Å². The molecule has 0 spiro atoms. The minimum absolute atomic E-state index is 0.880. The second kappa shape index (κ2) is 9.22. The Hall–Kier alpha value is -6.06. The highest BCUT2D eigenvalue weighted by Gasteiger charge is 2.21. The zero-order valence-electron chi connectivity index (χ0n) is 24.2. The van der Waals surface area contributed by atoms with Gasteiger partial charge in [-0.2, -0.15) is 0 Å². The number of fused-ring (bicyclic) bond motifs is 11. The van der Waals surface area contributed by atoms with Gasteiger partial charge in [0.1, 0.15) is 22.3 Å². The molecule has 2 heterocycles. The van der Waals surface area contributed by atoms with E-state index in [-0.39, 0.29) is 0 Å². The summed E-state index contributed by atoms with van der Waals surface area (Å²) in [7, 11) is 0. The molecule has 0 saturated carbocycles. The van der Waals surface area contributed by atoms with Gasteiger partial charge in [-0.05, 0) is 81.5 Å². The van der Waals surface area contributed by atoms with Crippen molar-refractivity contribution in [3.8, 4) is 0 Å². The van der Waals surface area contributed by atoms with Crippen LogP contribution in [0.25, 0.3) is 76.2 Å². The standard InChI is InChI=1S/C42H25NO2/c1-4-12-31-26(9-1)17-20-34-30-11-3-2-10-27(30)23-37(42(31)34)43(28-18-21-40-35(24-28)32-13-5-7-15-38(32)44-40)29-19-22-41-36(25-29)33-14-6-8-16-39(33)45-41/h1-25H. The summed E-state index contributed by atoms with van der Waals surface area (Å²) in [5.74, 6) is 0. The second-order valence-corrected chi connectivity index (χ2v) is 11.7. The predicted molar refractivity (Wildman–Crippen MR) is 188 cm³/mol. The third kappa shape index (κ3) is 3.58. The smallest absolute Gasteiger partial charge is 0.135 e. The van der Waals surface area contributed by atoms with Crippen LogP contribution in [0.5, 0.6) is 0 Å². The number of para-hydroxylation sites is 2. The van der Waals surface area contributed by atoms with Crippen molar-refractivity contribution in [1.82, 2.24) is 0 Å². The molecule has 10 rings (SSSR count). The first-order valence-corrected chi connectivity index (χ1v) is 15.3. The molecule has 8 aromatic carbocycles. The van der Waals surface area contributed by atoms with E-state index in [9.17, 15) is 0 Å². The first-order chi connectivity index (χ1) is 22.3. The molecule has 210 valence electrons. The molecule has 0 bridgehead atoms. The van der Waals surface area contributed by atoms with Crippen molar-refractivity contribution in [3.05, 3.63) is 152 Å². The number of hydrogen-bond donors (Lipinski definition) is 0. The Kier molecular flexibility index (Phi) is 5.00. The number of benzene rings is 8. The highest BCUT2D eigenvalue weighted by Crippen LogP contribution is 2.46. The first kappa shape index (κ1) is 24.4. The van der Waals surface area contributed by atoms with E-state index < -0.39 is 0 Å². The summed E-state index contributed by atoms with van der Waals surface area (Å²) in [6.45, 7) is 0. The maximum absolute atomic E-state index is 6.25. The Morgan fingerprint density at radius 2 is 0.844 bits per heavy atom. The molecule has 0 unspecified atom stereocenters. The fourth-order valence-electron chi connectivity index (χ4n) is 7.17. The van der Waals surface area contributed by atoms with E-state index in [1.807, 2.05) is 24.3 Å². The van der Waals surface area contributed by atoms with Gasteiger partial charge in [-0.1, -0.05) is 97.1 Å². The summed E-state index contributed by atoms with van der Waals surface area (Å²) in [6.07, 6.45) is 0. The number of anilines is 3. The maximum atomic E-state index is 6.25. The van der Waals surface area contributed by atoms with Crippen LogP contribution in [0.3, 0.4) is 0 Å². The largest absolute Gasteiger partial charge is 0.456 e. The number of nitrogens with zero attached hydrogens (tertiary/aromatic N) is 1. The molecule has 3 heteroatoms. The van der Waals surface area contributed by atoms with E-state index in [1.54, 1.807) is 0 Å². The maximum Gasteiger partial charge on any atom is 0.135 e. The van der Waals surface area contributed by atoms with Crippen molar-refractivity contribution in [2.24, 2.45) is 0 Å². The molecule has 2 aromatic heterocycles. The van der Waals surface area contributed by atoms with Crippen LogP contribution in [0.2, 0.25) is 0 Å². The molecule has 45 heavy (non-hydrogen) atoms. The average molecular weight is 576 g/mol. The lowest BCUT2D eigenvalue weighted by atomic mass is 9.94. The summed E-state index contributed by atoms with van der Waals surface area (Å²) in [5, 5.41) is 11.8. The average Bonchev–Trinajstić information content (AvgIpc) is 3.66. The lowest BCUT2D eigenvalue weighted by Crippen LogP contribution is -2.10. The summed E-state index contributed by atoms with van der Waals surface area (Å²) in [4.78, 5) is 2.41.